The zero-order valence-electron chi connectivity index (χ0n) is 16.0. The van der Waals surface area contributed by atoms with Crippen LogP contribution in [0, 0.1) is 0 Å². The van der Waals surface area contributed by atoms with Crippen LogP contribution < -0.4 is 10.6 Å². The van der Waals surface area contributed by atoms with Crippen molar-refractivity contribution in [3.8, 4) is 0 Å². The van der Waals surface area contributed by atoms with Crippen LogP contribution in [0.15, 0.2) is 72.4 Å². The third kappa shape index (κ3) is 3.50. The number of carbonyl (C=O) groups is 1. The van der Waals surface area contributed by atoms with E-state index in [1.165, 1.54) is 0 Å². The molecule has 0 saturated carbocycles. The Morgan fingerprint density at radius 3 is 2.97 bits per heavy atom. The number of aromatic nitrogens is 1. The monoisotopic (exact) mass is 389 g/mol. The molecule has 1 saturated heterocycles. The average molecular weight is 389 g/mol. The highest BCUT2D eigenvalue weighted by Gasteiger charge is 2.35. The smallest absolute Gasteiger partial charge is 0.268 e. The second kappa shape index (κ2) is 7.69. The number of hydrogen-bond acceptors (Lipinski definition) is 6. The van der Waals surface area contributed by atoms with E-state index >= 15 is 0 Å². The summed E-state index contributed by atoms with van der Waals surface area (Å²) in [5, 5.41) is 7.49. The number of nitrogens with zero attached hydrogens (tertiary/aromatic N) is 3. The van der Waals surface area contributed by atoms with E-state index in [1.807, 2.05) is 53.6 Å². The minimum absolute atomic E-state index is 0.113. The average Bonchev–Trinajstić information content (AvgIpc) is 3.13. The van der Waals surface area contributed by atoms with Gasteiger partial charge in [0.2, 0.25) is 0 Å². The van der Waals surface area contributed by atoms with Crippen LogP contribution in [0.25, 0.3) is 10.9 Å². The summed E-state index contributed by atoms with van der Waals surface area (Å²) >= 11 is 0. The van der Waals surface area contributed by atoms with Crippen molar-refractivity contribution < 1.29 is 9.53 Å². The number of anilines is 1. The van der Waals surface area contributed by atoms with E-state index < -0.39 is 6.17 Å². The van der Waals surface area contributed by atoms with Gasteiger partial charge in [0.25, 0.3) is 5.91 Å². The molecule has 4 heterocycles. The number of ether oxygens (including phenoxy) is 1. The summed E-state index contributed by atoms with van der Waals surface area (Å²) in [5.41, 5.74) is 3.60. The molecule has 1 fully saturated rings. The largest absolute Gasteiger partial charge is 0.379 e. The summed E-state index contributed by atoms with van der Waals surface area (Å²) in [6, 6.07) is 9.69. The minimum atomic E-state index is -0.499. The topological polar surface area (TPSA) is 69.7 Å². The van der Waals surface area contributed by atoms with Gasteiger partial charge in [0.15, 0.2) is 6.17 Å². The van der Waals surface area contributed by atoms with Crippen molar-refractivity contribution in [1.29, 1.82) is 0 Å². The van der Waals surface area contributed by atoms with E-state index in [0.717, 1.165) is 60.8 Å². The summed E-state index contributed by atoms with van der Waals surface area (Å²) in [6.45, 7) is 4.07. The second-order valence-electron chi connectivity index (χ2n) is 7.28. The number of para-hydroxylation sites is 1. The first kappa shape index (κ1) is 17.9. The predicted molar refractivity (Wildman–Crippen MR) is 112 cm³/mol. The molecule has 1 aromatic heterocycles. The summed E-state index contributed by atoms with van der Waals surface area (Å²) < 4.78 is 5.45. The maximum Gasteiger partial charge on any atom is 0.268 e. The molecule has 1 unspecified atom stereocenters. The summed E-state index contributed by atoms with van der Waals surface area (Å²) in [6.07, 6.45) is 9.19. The molecule has 2 N–H and O–H groups in total. The van der Waals surface area contributed by atoms with Crippen molar-refractivity contribution in [1.82, 2.24) is 20.1 Å². The van der Waals surface area contributed by atoms with Gasteiger partial charge in [-0.25, -0.2) is 0 Å². The van der Waals surface area contributed by atoms with E-state index in [2.05, 4.69) is 26.6 Å². The maximum absolute atomic E-state index is 13.2. The Morgan fingerprint density at radius 1 is 1.21 bits per heavy atom. The number of allylic oxidation sites excluding steroid dienone is 3. The Balaban J connectivity index is 1.36. The highest BCUT2D eigenvalue weighted by atomic mass is 16.5. The van der Waals surface area contributed by atoms with E-state index in [-0.39, 0.29) is 5.91 Å². The fourth-order valence-electron chi connectivity index (χ4n) is 3.95. The van der Waals surface area contributed by atoms with Gasteiger partial charge in [-0.05, 0) is 24.3 Å². The highest BCUT2D eigenvalue weighted by molar-refractivity contribution is 6.02. The third-order valence-electron chi connectivity index (χ3n) is 5.41. The SMILES string of the molecule is O=C(Nc1cccc2cccnc12)C1NC(CN2CCOCC2)=C2C=CC=CN21. The van der Waals surface area contributed by atoms with Crippen molar-refractivity contribution >= 4 is 22.5 Å². The van der Waals surface area contributed by atoms with Crippen molar-refractivity contribution in [2.24, 2.45) is 0 Å². The first-order valence-corrected chi connectivity index (χ1v) is 9.87. The zero-order chi connectivity index (χ0) is 19.6. The van der Waals surface area contributed by atoms with Gasteiger partial charge in [-0.15, -0.1) is 0 Å². The number of hydrogen-bond donors (Lipinski definition) is 2. The van der Waals surface area contributed by atoms with Crippen LogP contribution in [0.3, 0.4) is 0 Å². The Labute approximate surface area is 169 Å². The van der Waals surface area contributed by atoms with Gasteiger partial charge in [0.1, 0.15) is 0 Å². The predicted octanol–water partition coefficient (Wildman–Crippen LogP) is 2.03. The zero-order valence-corrected chi connectivity index (χ0v) is 16.0. The molecule has 29 heavy (non-hydrogen) atoms. The molecule has 0 radical (unpaired) electrons. The standard InChI is InChI=1S/C22H23N5O2/c28-22(25-17-7-3-5-16-6-4-9-23-20(16)17)21-24-18(15-26-11-13-29-14-12-26)19-8-1-2-10-27(19)21/h1-10,21,24H,11-15H2,(H,25,28). The lowest BCUT2D eigenvalue weighted by atomic mass is 10.2. The molecule has 3 aliphatic heterocycles. The van der Waals surface area contributed by atoms with Crippen LogP contribution in [-0.2, 0) is 9.53 Å². The normalized spacial score (nSPS) is 21.4. The summed E-state index contributed by atoms with van der Waals surface area (Å²) in [7, 11) is 0. The maximum atomic E-state index is 13.2. The molecule has 3 aliphatic rings. The van der Waals surface area contributed by atoms with Crippen LogP contribution in [0.1, 0.15) is 0 Å². The van der Waals surface area contributed by atoms with Gasteiger partial charge >= 0.3 is 0 Å². The van der Waals surface area contributed by atoms with Gasteiger partial charge in [-0.3, -0.25) is 14.7 Å². The molecule has 0 aliphatic carbocycles. The summed E-state index contributed by atoms with van der Waals surface area (Å²) in [4.78, 5) is 22.0. The molecule has 7 heteroatoms. The molecule has 7 nitrogen and oxygen atoms in total. The molecule has 0 bridgehead atoms. The van der Waals surface area contributed by atoms with Crippen molar-refractivity contribution in [2.75, 3.05) is 38.2 Å². The van der Waals surface area contributed by atoms with Gasteiger partial charge in [0.05, 0.1) is 35.8 Å². The molecule has 0 spiro atoms. The van der Waals surface area contributed by atoms with Crippen LogP contribution >= 0.6 is 0 Å². The van der Waals surface area contributed by atoms with Crippen LogP contribution in [0.2, 0.25) is 0 Å². The van der Waals surface area contributed by atoms with E-state index in [0.29, 0.717) is 0 Å². The van der Waals surface area contributed by atoms with Crippen LogP contribution in [-0.4, -0.2) is 59.7 Å². The number of nitrogens with one attached hydrogen (secondary N) is 2. The lowest BCUT2D eigenvalue weighted by Gasteiger charge is -2.27. The number of benzene rings is 1. The molecule has 1 atom stereocenters. The van der Waals surface area contributed by atoms with E-state index in [4.69, 9.17) is 4.74 Å². The molecule has 2 aromatic rings. The van der Waals surface area contributed by atoms with Crippen molar-refractivity contribution in [3.05, 3.63) is 72.4 Å². The van der Waals surface area contributed by atoms with Gasteiger partial charge in [-0.2, -0.15) is 0 Å². The molecule has 148 valence electrons. The third-order valence-corrected chi connectivity index (χ3v) is 5.41. The van der Waals surface area contributed by atoms with Crippen LogP contribution in [0.5, 0.6) is 0 Å². The van der Waals surface area contributed by atoms with Gasteiger partial charge in [0, 0.05) is 37.4 Å². The quantitative estimate of drug-likeness (QED) is 0.834. The molecular weight excluding hydrogens is 366 g/mol. The minimum Gasteiger partial charge on any atom is -0.379 e. The fourth-order valence-corrected chi connectivity index (χ4v) is 3.95. The number of morpholine rings is 1. The number of fused-ring (bicyclic) bond motifs is 2. The lowest BCUT2D eigenvalue weighted by molar-refractivity contribution is -0.120. The number of pyridine rings is 1. The van der Waals surface area contributed by atoms with Gasteiger partial charge < -0.3 is 20.3 Å². The summed E-state index contributed by atoms with van der Waals surface area (Å²) in [5.74, 6) is -0.113. The molecule has 5 rings (SSSR count). The Hall–Kier alpha value is -3.16. The number of carbonyl (C=O) groups excluding carboxylic acids is 1. The van der Waals surface area contributed by atoms with E-state index in [9.17, 15) is 4.79 Å². The molecule has 1 aromatic carbocycles. The van der Waals surface area contributed by atoms with E-state index in [1.54, 1.807) is 6.20 Å². The van der Waals surface area contributed by atoms with Gasteiger partial charge in [-0.1, -0.05) is 24.3 Å². The molecule has 1 amide bonds. The Morgan fingerprint density at radius 2 is 2.07 bits per heavy atom. The first-order valence-electron chi connectivity index (χ1n) is 9.87. The van der Waals surface area contributed by atoms with Crippen molar-refractivity contribution in [2.45, 2.75) is 6.17 Å². The Kier molecular flexibility index (Phi) is 4.75. The highest BCUT2D eigenvalue weighted by Crippen LogP contribution is 2.27. The molecular formula is C22H23N5O2. The van der Waals surface area contributed by atoms with Crippen molar-refractivity contribution in [3.63, 3.8) is 0 Å². The fraction of sp³-hybridized carbons (Fsp3) is 0.273. The first-order chi connectivity index (χ1) is 14.3. The van der Waals surface area contributed by atoms with Crippen LogP contribution in [0.4, 0.5) is 5.69 Å². The number of rotatable bonds is 4. The lowest BCUT2D eigenvalue weighted by Crippen LogP contribution is -2.46. The number of amides is 1. The Bertz CT molecular complexity index is 1020. The second-order valence-corrected chi connectivity index (χ2v) is 7.28.